The Bertz CT molecular complexity index is 569. The monoisotopic (exact) mass is 418 g/mol. The molecule has 0 amide bonds. The molecule has 0 bridgehead atoms. The molecule has 1 unspecified atom stereocenters. The van der Waals surface area contributed by atoms with Gasteiger partial charge in [0.2, 0.25) is 0 Å². The minimum Gasteiger partial charge on any atom is -0.205 e. The Hall–Kier alpha value is -0.380. The highest BCUT2D eigenvalue weighted by Crippen LogP contribution is 2.22. The third-order valence-electron chi connectivity index (χ3n) is 3.16. The van der Waals surface area contributed by atoms with Crippen LogP contribution in [-0.2, 0) is 12.8 Å². The Morgan fingerprint density at radius 1 is 1.00 bits per heavy atom. The van der Waals surface area contributed by atoms with E-state index in [9.17, 15) is 4.39 Å². The Morgan fingerprint density at radius 2 is 1.60 bits per heavy atom. The Balaban J connectivity index is 2.04. The summed E-state index contributed by atoms with van der Waals surface area (Å²) in [7, 11) is 0. The van der Waals surface area contributed by atoms with Gasteiger partial charge in [0, 0.05) is 9.80 Å². The van der Waals surface area contributed by atoms with Crippen molar-refractivity contribution in [3.8, 4) is 0 Å². The highest BCUT2D eigenvalue weighted by atomic mass is 79.9. The average molecular weight is 421 g/mol. The number of benzene rings is 2. The van der Waals surface area contributed by atoms with Gasteiger partial charge in [0.15, 0.2) is 0 Å². The van der Waals surface area contributed by atoms with Gasteiger partial charge in [-0.3, -0.25) is 0 Å². The van der Waals surface area contributed by atoms with Crippen molar-refractivity contribution in [1.82, 2.24) is 0 Å². The lowest BCUT2D eigenvalue weighted by Gasteiger charge is -2.14. The third kappa shape index (κ3) is 4.57. The number of hydrogen-bond acceptors (Lipinski definition) is 0. The van der Waals surface area contributed by atoms with E-state index in [-0.39, 0.29) is 10.8 Å². The molecule has 2 rings (SSSR count). The van der Waals surface area contributed by atoms with Crippen LogP contribution in [0.5, 0.6) is 0 Å². The molecule has 106 valence electrons. The first-order valence-corrected chi connectivity index (χ1v) is 8.62. The lowest BCUT2D eigenvalue weighted by atomic mass is 9.94. The summed E-state index contributed by atoms with van der Waals surface area (Å²) in [4.78, 5) is 0. The second kappa shape index (κ2) is 7.58. The number of hydrogen-bond donors (Lipinski definition) is 0. The molecule has 0 nitrogen and oxygen atoms in total. The van der Waals surface area contributed by atoms with E-state index in [0.29, 0.717) is 5.92 Å². The molecule has 0 fully saturated rings. The summed E-state index contributed by atoms with van der Waals surface area (Å²) in [6.45, 7) is 0. The lowest BCUT2D eigenvalue weighted by Crippen LogP contribution is -2.10. The van der Waals surface area contributed by atoms with Gasteiger partial charge in [-0.15, -0.1) is 0 Å². The molecule has 0 saturated carbocycles. The number of alkyl halides is 1. The van der Waals surface area contributed by atoms with E-state index in [2.05, 4.69) is 56.1 Å². The zero-order chi connectivity index (χ0) is 14.5. The summed E-state index contributed by atoms with van der Waals surface area (Å²) >= 11 is 12.8. The van der Waals surface area contributed by atoms with E-state index in [1.165, 1.54) is 11.6 Å². The summed E-state index contributed by atoms with van der Waals surface area (Å²) in [5.74, 6) is 0.0939. The second-order valence-corrected chi connectivity index (χ2v) is 6.77. The van der Waals surface area contributed by atoms with Gasteiger partial charge in [0.25, 0.3) is 0 Å². The Labute approximate surface area is 140 Å². The molecule has 0 N–H and O–H groups in total. The molecule has 0 aliphatic heterocycles. The number of halogens is 4. The molecule has 0 heterocycles. The summed E-state index contributed by atoms with van der Waals surface area (Å²) in [6, 6.07) is 13.3. The quantitative estimate of drug-likeness (QED) is 0.518. The van der Waals surface area contributed by atoms with Crippen LogP contribution in [0, 0.1) is 11.7 Å². The van der Waals surface area contributed by atoms with Crippen molar-refractivity contribution < 1.29 is 4.39 Å². The molecule has 0 aromatic heterocycles. The van der Waals surface area contributed by atoms with Crippen molar-refractivity contribution in [3.05, 3.63) is 68.9 Å². The van der Waals surface area contributed by atoms with Gasteiger partial charge >= 0.3 is 0 Å². The number of rotatable bonds is 5. The van der Waals surface area contributed by atoms with Crippen molar-refractivity contribution in [2.24, 2.45) is 5.92 Å². The molecule has 0 aliphatic rings. The highest BCUT2D eigenvalue weighted by molar-refractivity contribution is 9.10. The largest absolute Gasteiger partial charge is 0.205 e. The molecule has 0 spiro atoms. The molecule has 0 saturated heterocycles. The summed E-state index contributed by atoms with van der Waals surface area (Å²) in [5.41, 5.74) is 2.36. The van der Waals surface area contributed by atoms with E-state index in [1.807, 2.05) is 0 Å². The van der Waals surface area contributed by atoms with Gasteiger partial charge in [0.05, 0.1) is 5.02 Å². The van der Waals surface area contributed by atoms with E-state index in [4.69, 9.17) is 11.6 Å². The molecular formula is C16H14Br2ClF. The van der Waals surface area contributed by atoms with Crippen LogP contribution in [-0.4, -0.2) is 5.33 Å². The van der Waals surface area contributed by atoms with Crippen LogP contribution in [0.25, 0.3) is 0 Å². The Morgan fingerprint density at radius 3 is 2.20 bits per heavy atom. The molecule has 0 aliphatic carbocycles. The van der Waals surface area contributed by atoms with Crippen LogP contribution in [0.15, 0.2) is 46.9 Å². The fourth-order valence-electron chi connectivity index (χ4n) is 2.14. The van der Waals surface area contributed by atoms with Gasteiger partial charge in [-0.25, -0.2) is 4.39 Å². The molecule has 2 aromatic rings. The van der Waals surface area contributed by atoms with Crippen molar-refractivity contribution in [2.45, 2.75) is 12.8 Å². The predicted molar refractivity (Wildman–Crippen MR) is 90.2 cm³/mol. The first kappa shape index (κ1) is 16.0. The maximum absolute atomic E-state index is 13.2. The molecule has 4 heteroatoms. The highest BCUT2D eigenvalue weighted by Gasteiger charge is 2.11. The second-order valence-electron chi connectivity index (χ2n) is 4.80. The fourth-order valence-corrected chi connectivity index (χ4v) is 3.06. The van der Waals surface area contributed by atoms with Crippen LogP contribution in [0.2, 0.25) is 5.02 Å². The molecule has 0 radical (unpaired) electrons. The fraction of sp³-hybridized carbons (Fsp3) is 0.250. The zero-order valence-corrected chi connectivity index (χ0v) is 14.7. The molecule has 2 aromatic carbocycles. The summed E-state index contributed by atoms with van der Waals surface area (Å²) in [5, 5.41) is 1.09. The van der Waals surface area contributed by atoms with Crippen LogP contribution in [0.1, 0.15) is 11.1 Å². The van der Waals surface area contributed by atoms with Crippen LogP contribution in [0.3, 0.4) is 0 Å². The molecule has 20 heavy (non-hydrogen) atoms. The van der Waals surface area contributed by atoms with Gasteiger partial charge < -0.3 is 0 Å². The van der Waals surface area contributed by atoms with Crippen molar-refractivity contribution in [1.29, 1.82) is 0 Å². The lowest BCUT2D eigenvalue weighted by molar-refractivity contribution is 0.587. The molecule has 1 atom stereocenters. The average Bonchev–Trinajstić information content (AvgIpc) is 2.44. The normalized spacial score (nSPS) is 12.4. The zero-order valence-electron chi connectivity index (χ0n) is 10.8. The maximum Gasteiger partial charge on any atom is 0.141 e. The summed E-state index contributed by atoms with van der Waals surface area (Å²) < 4.78 is 14.2. The van der Waals surface area contributed by atoms with Crippen molar-refractivity contribution in [2.75, 3.05) is 5.33 Å². The predicted octanol–water partition coefficient (Wildman–Crippen LogP) is 6.04. The van der Waals surface area contributed by atoms with Crippen LogP contribution >= 0.6 is 43.5 Å². The minimum absolute atomic E-state index is 0.194. The van der Waals surface area contributed by atoms with E-state index >= 15 is 0 Å². The first-order chi connectivity index (χ1) is 9.58. The first-order valence-electron chi connectivity index (χ1n) is 6.33. The smallest absolute Gasteiger partial charge is 0.141 e. The van der Waals surface area contributed by atoms with Crippen LogP contribution < -0.4 is 0 Å². The van der Waals surface area contributed by atoms with E-state index in [0.717, 1.165) is 28.2 Å². The standard InChI is InChI=1S/C16H14Br2ClF/c17-10-13(7-11-1-4-14(18)5-2-11)8-12-3-6-16(20)15(19)9-12/h1-6,9,13H,7-8,10H2. The van der Waals surface area contributed by atoms with Gasteiger partial charge in [-0.1, -0.05) is 61.7 Å². The van der Waals surface area contributed by atoms with E-state index in [1.54, 1.807) is 12.1 Å². The van der Waals surface area contributed by atoms with Crippen molar-refractivity contribution >= 4 is 43.5 Å². The maximum atomic E-state index is 13.2. The topological polar surface area (TPSA) is 0 Å². The van der Waals surface area contributed by atoms with Gasteiger partial charge in [-0.05, 0) is 54.2 Å². The third-order valence-corrected chi connectivity index (χ3v) is 4.90. The SMILES string of the molecule is Fc1ccc(CC(CBr)Cc2ccc(Br)cc2)cc1Cl. The van der Waals surface area contributed by atoms with Gasteiger partial charge in [-0.2, -0.15) is 0 Å². The van der Waals surface area contributed by atoms with Crippen LogP contribution in [0.4, 0.5) is 4.39 Å². The van der Waals surface area contributed by atoms with Gasteiger partial charge in [0.1, 0.15) is 5.82 Å². The van der Waals surface area contributed by atoms with Crippen molar-refractivity contribution in [3.63, 3.8) is 0 Å². The van der Waals surface area contributed by atoms with E-state index < -0.39 is 0 Å². The molecular weight excluding hydrogens is 406 g/mol. The minimum atomic E-state index is -0.362. The summed E-state index contributed by atoms with van der Waals surface area (Å²) in [6.07, 6.45) is 1.86. The Kier molecular flexibility index (Phi) is 6.06.